The van der Waals surface area contributed by atoms with Crippen molar-refractivity contribution in [2.24, 2.45) is 5.10 Å². The minimum atomic E-state index is -3.97. The molecule has 3 aromatic rings. The van der Waals surface area contributed by atoms with Crippen LogP contribution in [0.1, 0.15) is 16.7 Å². The summed E-state index contributed by atoms with van der Waals surface area (Å²) in [5.41, 5.74) is 4.89. The highest BCUT2D eigenvalue weighted by atomic mass is 35.5. The Morgan fingerprint density at radius 1 is 1.11 bits per heavy atom. The molecule has 3 aromatic carbocycles. The van der Waals surface area contributed by atoms with E-state index in [4.69, 9.17) is 16.3 Å². The third kappa shape index (κ3) is 7.78. The molecule has 0 heterocycles. The van der Waals surface area contributed by atoms with Gasteiger partial charge in [0.1, 0.15) is 12.4 Å². The zero-order valence-corrected chi connectivity index (χ0v) is 20.8. The number of benzene rings is 3. The summed E-state index contributed by atoms with van der Waals surface area (Å²) in [5, 5.41) is 4.37. The first-order chi connectivity index (χ1) is 16.8. The lowest BCUT2D eigenvalue weighted by Gasteiger charge is -2.21. The first kappa shape index (κ1) is 26.2. The zero-order valence-electron chi connectivity index (χ0n) is 19.2. The van der Waals surface area contributed by atoms with Gasteiger partial charge in [-0.3, -0.25) is 4.79 Å². The molecular formula is C26H26ClN3O4S. The Morgan fingerprint density at radius 2 is 1.83 bits per heavy atom. The van der Waals surface area contributed by atoms with Crippen molar-refractivity contribution in [2.45, 2.75) is 18.4 Å². The van der Waals surface area contributed by atoms with Gasteiger partial charge in [0.25, 0.3) is 5.91 Å². The average molecular weight is 512 g/mol. The summed E-state index contributed by atoms with van der Waals surface area (Å²) in [4.78, 5) is 12.7. The molecule has 0 bridgehead atoms. The number of sulfonamides is 1. The molecule has 0 saturated carbocycles. The third-order valence-corrected chi connectivity index (χ3v) is 6.92. The fourth-order valence-corrected chi connectivity index (χ4v) is 4.69. The Bertz CT molecular complexity index is 1290. The molecule has 182 valence electrons. The van der Waals surface area contributed by atoms with Crippen LogP contribution in [0.3, 0.4) is 0 Å². The second-order valence-corrected chi connectivity index (χ2v) is 10.1. The Morgan fingerprint density at radius 3 is 2.49 bits per heavy atom. The monoisotopic (exact) mass is 511 g/mol. The van der Waals surface area contributed by atoms with Crippen LogP contribution in [-0.2, 0) is 21.4 Å². The summed E-state index contributed by atoms with van der Waals surface area (Å²) < 4.78 is 33.2. The van der Waals surface area contributed by atoms with Crippen LogP contribution in [-0.4, -0.2) is 38.0 Å². The van der Waals surface area contributed by atoms with Crippen LogP contribution < -0.4 is 10.2 Å². The van der Waals surface area contributed by atoms with Crippen molar-refractivity contribution in [3.8, 4) is 5.75 Å². The molecule has 3 rings (SSSR count). The van der Waals surface area contributed by atoms with Gasteiger partial charge in [0.2, 0.25) is 10.0 Å². The van der Waals surface area contributed by atoms with Crippen molar-refractivity contribution in [1.29, 1.82) is 0 Å². The molecule has 9 heteroatoms. The van der Waals surface area contributed by atoms with Crippen molar-refractivity contribution in [2.75, 3.05) is 13.2 Å². The van der Waals surface area contributed by atoms with Crippen molar-refractivity contribution >= 4 is 33.7 Å². The highest BCUT2D eigenvalue weighted by molar-refractivity contribution is 7.89. The fraction of sp³-hybridized carbons (Fsp3) is 0.154. The topological polar surface area (TPSA) is 88.1 Å². The Labute approximate surface area is 210 Å². The lowest BCUT2D eigenvalue weighted by Crippen LogP contribution is -2.39. The van der Waals surface area contributed by atoms with Crippen LogP contribution in [0.4, 0.5) is 0 Å². The average Bonchev–Trinajstić information content (AvgIpc) is 2.83. The van der Waals surface area contributed by atoms with E-state index < -0.39 is 22.5 Å². The van der Waals surface area contributed by atoms with E-state index >= 15 is 0 Å². The van der Waals surface area contributed by atoms with Crippen molar-refractivity contribution in [3.05, 3.63) is 107 Å². The molecular weight excluding hydrogens is 486 g/mol. The third-order valence-electron chi connectivity index (χ3n) is 4.86. The predicted octanol–water partition coefficient (Wildman–Crippen LogP) is 4.55. The van der Waals surface area contributed by atoms with E-state index in [0.29, 0.717) is 17.4 Å². The van der Waals surface area contributed by atoms with Crippen molar-refractivity contribution < 1.29 is 17.9 Å². The molecule has 0 unspecified atom stereocenters. The molecule has 1 N–H and O–H groups in total. The minimum absolute atomic E-state index is 0.0238. The molecule has 0 saturated heterocycles. The predicted molar refractivity (Wildman–Crippen MR) is 138 cm³/mol. The van der Waals surface area contributed by atoms with E-state index in [1.165, 1.54) is 30.5 Å². The number of hydrogen-bond donors (Lipinski definition) is 1. The number of halogens is 1. The molecule has 0 atom stereocenters. The highest BCUT2D eigenvalue weighted by Gasteiger charge is 2.27. The van der Waals surface area contributed by atoms with Gasteiger partial charge in [-0.25, -0.2) is 13.8 Å². The fourth-order valence-electron chi connectivity index (χ4n) is 3.18. The van der Waals surface area contributed by atoms with E-state index in [1.54, 1.807) is 30.3 Å². The summed E-state index contributed by atoms with van der Waals surface area (Å²) in [7, 11) is -3.97. The summed E-state index contributed by atoms with van der Waals surface area (Å²) in [6, 6.07) is 20.4. The number of rotatable bonds is 11. The van der Waals surface area contributed by atoms with Crippen molar-refractivity contribution in [1.82, 2.24) is 9.73 Å². The zero-order chi connectivity index (χ0) is 25.3. The largest absolute Gasteiger partial charge is 0.490 e. The quantitative estimate of drug-likeness (QED) is 0.232. The SMILES string of the molecule is C=CCOc1ccc(/C=N\NC(=O)CN(Cc2cccc(C)c2)S(=O)(=O)c2ccc(Cl)cc2)cc1. The molecule has 35 heavy (non-hydrogen) atoms. The molecule has 0 spiro atoms. The number of carbonyl (C=O) groups is 1. The van der Waals surface area contributed by atoms with Crippen LogP contribution in [0.15, 0.2) is 95.4 Å². The number of aryl methyl sites for hydroxylation is 1. The Hall–Kier alpha value is -3.46. The number of nitrogens with one attached hydrogen (secondary N) is 1. The molecule has 0 aliphatic carbocycles. The van der Waals surface area contributed by atoms with E-state index in [-0.39, 0.29) is 11.4 Å². The number of carbonyl (C=O) groups excluding carboxylic acids is 1. The van der Waals surface area contributed by atoms with Crippen LogP contribution in [0.25, 0.3) is 0 Å². The van der Waals surface area contributed by atoms with Gasteiger partial charge >= 0.3 is 0 Å². The molecule has 1 amide bonds. The van der Waals surface area contributed by atoms with Gasteiger partial charge in [0, 0.05) is 11.6 Å². The van der Waals surface area contributed by atoms with Crippen LogP contribution in [0.2, 0.25) is 5.02 Å². The number of ether oxygens (including phenoxy) is 1. The number of nitrogens with zero attached hydrogens (tertiary/aromatic N) is 2. The van der Waals surface area contributed by atoms with Gasteiger partial charge in [-0.15, -0.1) is 0 Å². The lowest BCUT2D eigenvalue weighted by atomic mass is 10.1. The Balaban J connectivity index is 1.72. The second-order valence-electron chi connectivity index (χ2n) is 7.68. The van der Waals surface area contributed by atoms with E-state index in [0.717, 1.165) is 21.0 Å². The molecule has 0 radical (unpaired) electrons. The maximum atomic E-state index is 13.3. The van der Waals surface area contributed by atoms with Gasteiger partial charge in [0.15, 0.2) is 0 Å². The van der Waals surface area contributed by atoms with Crippen LogP contribution in [0, 0.1) is 6.92 Å². The minimum Gasteiger partial charge on any atom is -0.490 e. The number of amides is 1. The second kappa shape index (κ2) is 12.3. The molecule has 0 aliphatic rings. The maximum absolute atomic E-state index is 13.3. The Kier molecular flexibility index (Phi) is 9.19. The first-order valence-electron chi connectivity index (χ1n) is 10.7. The smallest absolute Gasteiger partial charge is 0.255 e. The van der Waals surface area contributed by atoms with E-state index in [1.807, 2.05) is 31.2 Å². The van der Waals surface area contributed by atoms with Crippen molar-refractivity contribution in [3.63, 3.8) is 0 Å². The summed E-state index contributed by atoms with van der Waals surface area (Å²) in [6.07, 6.45) is 3.12. The first-order valence-corrected chi connectivity index (χ1v) is 12.6. The molecule has 0 aromatic heterocycles. The van der Waals surface area contributed by atoms with Crippen LogP contribution >= 0.6 is 11.6 Å². The van der Waals surface area contributed by atoms with Gasteiger partial charge in [-0.05, 0) is 66.6 Å². The van der Waals surface area contributed by atoms with Gasteiger partial charge in [0.05, 0.1) is 17.7 Å². The maximum Gasteiger partial charge on any atom is 0.255 e. The summed E-state index contributed by atoms with van der Waals surface area (Å²) >= 11 is 5.91. The molecule has 7 nitrogen and oxygen atoms in total. The summed E-state index contributed by atoms with van der Waals surface area (Å²) in [6.45, 7) is 5.53. The number of hydrazone groups is 1. The van der Waals surface area contributed by atoms with Gasteiger partial charge in [-0.2, -0.15) is 9.41 Å². The van der Waals surface area contributed by atoms with E-state index in [2.05, 4.69) is 17.1 Å². The molecule has 0 aliphatic heterocycles. The standard InChI is InChI=1S/C26H26ClN3O4S/c1-3-15-34-24-11-7-21(8-12-24)17-28-29-26(31)19-30(18-22-6-4-5-20(2)16-22)35(32,33)25-13-9-23(27)10-14-25/h3-14,16-17H,1,15,18-19H2,2H3,(H,29,31)/b28-17-. The van der Waals surface area contributed by atoms with E-state index in [9.17, 15) is 13.2 Å². The van der Waals surface area contributed by atoms with Crippen LogP contribution in [0.5, 0.6) is 5.75 Å². The molecule has 0 fully saturated rings. The number of hydrogen-bond acceptors (Lipinski definition) is 5. The highest BCUT2D eigenvalue weighted by Crippen LogP contribution is 2.21. The van der Waals surface area contributed by atoms with Gasteiger partial charge in [-0.1, -0.05) is 54.1 Å². The van der Waals surface area contributed by atoms with Gasteiger partial charge < -0.3 is 4.74 Å². The lowest BCUT2D eigenvalue weighted by molar-refractivity contribution is -0.121. The summed E-state index contributed by atoms with van der Waals surface area (Å²) in [5.74, 6) is 0.114. The normalized spacial score (nSPS) is 11.5.